The maximum atomic E-state index is 4.21. The van der Waals surface area contributed by atoms with Crippen LogP contribution in [0.4, 0.5) is 0 Å². The topological polar surface area (TPSA) is 52.2 Å². The minimum atomic E-state index is 0. The summed E-state index contributed by atoms with van der Waals surface area (Å²) in [5.74, 6) is 1.44. The first kappa shape index (κ1) is 16.8. The molecule has 1 aromatic heterocycles. The van der Waals surface area contributed by atoms with E-state index in [-0.39, 0.29) is 24.0 Å². The van der Waals surface area contributed by atoms with Crippen LogP contribution in [0.25, 0.3) is 10.9 Å². The Bertz CT molecular complexity index is 527. The van der Waals surface area contributed by atoms with Gasteiger partial charge in [0, 0.05) is 24.8 Å². The van der Waals surface area contributed by atoms with Crippen LogP contribution in [0.5, 0.6) is 0 Å². The molecule has 3 N–H and O–H groups in total. The van der Waals surface area contributed by atoms with E-state index >= 15 is 0 Å². The summed E-state index contributed by atoms with van der Waals surface area (Å²) in [5.41, 5.74) is 2.33. The number of hydrogen-bond acceptors (Lipinski definition) is 1. The van der Waals surface area contributed by atoms with Gasteiger partial charge < -0.3 is 15.6 Å². The maximum absolute atomic E-state index is 4.21. The van der Waals surface area contributed by atoms with Crippen LogP contribution in [0, 0.1) is 5.92 Å². The number of hydrogen-bond donors (Lipinski definition) is 3. The van der Waals surface area contributed by atoms with Gasteiger partial charge in [0.2, 0.25) is 0 Å². The van der Waals surface area contributed by atoms with Crippen molar-refractivity contribution in [1.82, 2.24) is 15.6 Å². The lowest BCUT2D eigenvalue weighted by molar-refractivity contribution is 0.614. The average Bonchev–Trinajstić information content (AvgIpc) is 2.81. The number of halogens is 1. The van der Waals surface area contributed by atoms with Crippen molar-refractivity contribution in [2.24, 2.45) is 10.9 Å². The molecule has 0 saturated carbocycles. The van der Waals surface area contributed by atoms with Gasteiger partial charge in [0.05, 0.1) is 6.54 Å². The van der Waals surface area contributed by atoms with Gasteiger partial charge in [0.25, 0.3) is 0 Å². The molecule has 0 aliphatic heterocycles. The molecule has 0 aliphatic rings. The molecule has 0 radical (unpaired) electrons. The predicted octanol–water partition coefficient (Wildman–Crippen LogP) is 3.11. The summed E-state index contributed by atoms with van der Waals surface area (Å²) in [6, 6.07) is 10.5. The van der Waals surface area contributed by atoms with Crippen molar-refractivity contribution < 1.29 is 0 Å². The summed E-state index contributed by atoms with van der Waals surface area (Å²) in [6.45, 7) is 6.02. The van der Waals surface area contributed by atoms with Crippen LogP contribution >= 0.6 is 24.0 Å². The second-order valence-corrected chi connectivity index (χ2v) is 5.08. The Morgan fingerprint density at radius 3 is 2.65 bits per heavy atom. The number of para-hydroxylation sites is 1. The van der Waals surface area contributed by atoms with Gasteiger partial charge in [0.1, 0.15) is 0 Å². The van der Waals surface area contributed by atoms with E-state index in [9.17, 15) is 0 Å². The lowest BCUT2D eigenvalue weighted by Crippen LogP contribution is -2.38. The Morgan fingerprint density at radius 2 is 2.00 bits per heavy atom. The number of H-pyrrole nitrogens is 1. The second-order valence-electron chi connectivity index (χ2n) is 5.08. The lowest BCUT2D eigenvalue weighted by atomic mass is 10.2. The zero-order chi connectivity index (χ0) is 13.7. The number of guanidine groups is 1. The molecule has 2 aromatic rings. The highest BCUT2D eigenvalue weighted by Gasteiger charge is 2.02. The molecule has 5 heteroatoms. The number of fused-ring (bicyclic) bond motifs is 1. The fraction of sp³-hybridized carbons (Fsp3) is 0.400. The quantitative estimate of drug-likeness (QED) is 0.430. The summed E-state index contributed by atoms with van der Waals surface area (Å²) in [6.07, 6.45) is 0. The third-order valence-electron chi connectivity index (χ3n) is 2.93. The van der Waals surface area contributed by atoms with Crippen molar-refractivity contribution in [2.45, 2.75) is 20.4 Å². The highest BCUT2D eigenvalue weighted by molar-refractivity contribution is 14.0. The molecule has 4 nitrogen and oxygen atoms in total. The van der Waals surface area contributed by atoms with Crippen LogP contribution in [-0.4, -0.2) is 24.5 Å². The third kappa shape index (κ3) is 4.70. The van der Waals surface area contributed by atoms with Gasteiger partial charge in [-0.3, -0.25) is 4.99 Å². The van der Waals surface area contributed by atoms with Gasteiger partial charge in [-0.2, -0.15) is 0 Å². The first-order chi connectivity index (χ1) is 9.19. The Hall–Kier alpha value is -1.24. The maximum Gasteiger partial charge on any atom is 0.191 e. The van der Waals surface area contributed by atoms with Gasteiger partial charge in [-0.1, -0.05) is 32.0 Å². The Kier molecular flexibility index (Phi) is 6.84. The molecule has 0 spiro atoms. The van der Waals surface area contributed by atoms with E-state index in [1.54, 1.807) is 7.05 Å². The summed E-state index contributed by atoms with van der Waals surface area (Å²) in [5, 5.41) is 7.85. The number of benzene rings is 1. The van der Waals surface area contributed by atoms with Crippen molar-refractivity contribution >= 4 is 40.8 Å². The molecule has 0 saturated heterocycles. The minimum Gasteiger partial charge on any atom is -0.357 e. The molecule has 0 aliphatic carbocycles. The summed E-state index contributed by atoms with van der Waals surface area (Å²) in [7, 11) is 1.79. The van der Waals surface area contributed by atoms with Crippen LogP contribution in [0.1, 0.15) is 19.5 Å². The van der Waals surface area contributed by atoms with Crippen LogP contribution < -0.4 is 10.6 Å². The van der Waals surface area contributed by atoms with Gasteiger partial charge in [-0.05, 0) is 23.4 Å². The van der Waals surface area contributed by atoms with E-state index in [0.717, 1.165) is 24.7 Å². The van der Waals surface area contributed by atoms with E-state index in [0.29, 0.717) is 5.92 Å². The molecule has 0 atom stereocenters. The van der Waals surface area contributed by atoms with Crippen LogP contribution in [0.3, 0.4) is 0 Å². The van der Waals surface area contributed by atoms with Crippen molar-refractivity contribution in [3.05, 3.63) is 36.0 Å². The molecular formula is C15H23IN4. The average molecular weight is 386 g/mol. The van der Waals surface area contributed by atoms with Crippen LogP contribution in [0.2, 0.25) is 0 Å². The molecule has 0 bridgehead atoms. The van der Waals surface area contributed by atoms with E-state index < -0.39 is 0 Å². The van der Waals surface area contributed by atoms with E-state index in [2.05, 4.69) is 58.7 Å². The van der Waals surface area contributed by atoms with Gasteiger partial charge in [0.15, 0.2) is 5.96 Å². The highest BCUT2D eigenvalue weighted by Crippen LogP contribution is 2.14. The van der Waals surface area contributed by atoms with Crippen molar-refractivity contribution in [3.63, 3.8) is 0 Å². The number of nitrogens with one attached hydrogen (secondary N) is 3. The molecule has 2 rings (SSSR count). The second kappa shape index (κ2) is 8.14. The zero-order valence-electron chi connectivity index (χ0n) is 12.2. The summed E-state index contributed by atoms with van der Waals surface area (Å²) < 4.78 is 0. The fourth-order valence-corrected chi connectivity index (χ4v) is 1.93. The number of rotatable bonds is 4. The number of nitrogens with zero attached hydrogens (tertiary/aromatic N) is 1. The van der Waals surface area contributed by atoms with Gasteiger partial charge >= 0.3 is 0 Å². The van der Waals surface area contributed by atoms with Gasteiger partial charge in [-0.15, -0.1) is 24.0 Å². The highest BCUT2D eigenvalue weighted by atomic mass is 127. The molecule has 0 amide bonds. The molecule has 0 unspecified atom stereocenters. The van der Waals surface area contributed by atoms with Gasteiger partial charge in [-0.25, -0.2) is 0 Å². The molecule has 1 aromatic carbocycles. The van der Waals surface area contributed by atoms with Crippen molar-refractivity contribution in [2.75, 3.05) is 13.6 Å². The number of aromatic nitrogens is 1. The fourth-order valence-electron chi connectivity index (χ4n) is 1.93. The minimum absolute atomic E-state index is 0. The first-order valence-electron chi connectivity index (χ1n) is 6.70. The Labute approximate surface area is 137 Å². The van der Waals surface area contributed by atoms with Crippen molar-refractivity contribution in [3.8, 4) is 0 Å². The summed E-state index contributed by atoms with van der Waals surface area (Å²) in [4.78, 5) is 7.60. The van der Waals surface area contributed by atoms with Crippen LogP contribution in [-0.2, 0) is 6.54 Å². The Morgan fingerprint density at radius 1 is 1.25 bits per heavy atom. The monoisotopic (exact) mass is 386 g/mol. The van der Waals surface area contributed by atoms with E-state index in [1.807, 2.05) is 6.07 Å². The smallest absolute Gasteiger partial charge is 0.191 e. The van der Waals surface area contributed by atoms with Crippen LogP contribution in [0.15, 0.2) is 35.3 Å². The molecular weight excluding hydrogens is 363 g/mol. The molecule has 1 heterocycles. The lowest BCUT2D eigenvalue weighted by Gasteiger charge is -2.12. The van der Waals surface area contributed by atoms with Crippen molar-refractivity contribution in [1.29, 1.82) is 0 Å². The predicted molar refractivity (Wildman–Crippen MR) is 96.8 cm³/mol. The standard InChI is InChI=1S/C15H22N4.HI/c1-11(2)9-17-15(16-3)18-10-13-8-12-6-4-5-7-14(12)19-13;/h4-8,11,19H,9-10H2,1-3H3,(H2,16,17,18);1H. The first-order valence-corrected chi connectivity index (χ1v) is 6.70. The normalized spacial score (nSPS) is 11.5. The molecule has 20 heavy (non-hydrogen) atoms. The zero-order valence-corrected chi connectivity index (χ0v) is 14.6. The number of aromatic amines is 1. The third-order valence-corrected chi connectivity index (χ3v) is 2.93. The Balaban J connectivity index is 0.00000200. The summed E-state index contributed by atoms with van der Waals surface area (Å²) >= 11 is 0. The van der Waals surface area contributed by atoms with E-state index in [1.165, 1.54) is 10.9 Å². The molecule has 110 valence electrons. The SMILES string of the molecule is CN=C(NCc1cc2ccccc2[nH]1)NCC(C)C.I. The largest absolute Gasteiger partial charge is 0.357 e. The van der Waals surface area contributed by atoms with E-state index in [4.69, 9.17) is 0 Å². The molecule has 0 fully saturated rings. The number of aliphatic imine (C=N–C) groups is 1.